The third kappa shape index (κ3) is 4.50. The van der Waals surface area contributed by atoms with E-state index in [2.05, 4.69) is 37.8 Å². The fraction of sp³-hybridized carbons (Fsp3) is 0.562. The minimum absolute atomic E-state index is 0.132. The molecule has 0 radical (unpaired) electrons. The third-order valence-electron chi connectivity index (χ3n) is 4.03. The number of nitrogens with one attached hydrogen (secondary N) is 1. The molecule has 128 valence electrons. The summed E-state index contributed by atoms with van der Waals surface area (Å²) in [6, 6.07) is 4.26. The molecule has 1 aliphatic heterocycles. The van der Waals surface area contributed by atoms with E-state index in [1.807, 2.05) is 0 Å². The third-order valence-corrected chi connectivity index (χ3v) is 4.03. The zero-order chi connectivity index (χ0) is 16.8. The molecule has 2 aromatic rings. The van der Waals surface area contributed by atoms with Crippen LogP contribution in [0.1, 0.15) is 42.8 Å². The van der Waals surface area contributed by atoms with Gasteiger partial charge in [-0.2, -0.15) is 4.80 Å². The van der Waals surface area contributed by atoms with Crippen LogP contribution in [0.2, 0.25) is 0 Å². The largest absolute Gasteiger partial charge is 0.481 e. The molecular weight excluding hydrogens is 308 g/mol. The smallest absolute Gasteiger partial charge is 0.303 e. The van der Waals surface area contributed by atoms with Crippen molar-refractivity contribution in [3.63, 3.8) is 0 Å². The molecule has 3 rings (SSSR count). The molecule has 0 saturated carbocycles. The highest BCUT2D eigenvalue weighted by molar-refractivity contribution is 5.66. The molecule has 0 spiro atoms. The van der Waals surface area contributed by atoms with Gasteiger partial charge in [-0.1, -0.05) is 6.07 Å². The van der Waals surface area contributed by atoms with Gasteiger partial charge in [0.2, 0.25) is 0 Å². The maximum atomic E-state index is 10.5. The molecule has 24 heavy (non-hydrogen) atoms. The first-order chi connectivity index (χ1) is 11.7. The van der Waals surface area contributed by atoms with Crippen molar-refractivity contribution in [2.45, 2.75) is 51.5 Å². The molecule has 0 atom stereocenters. The number of hydrogen-bond donors (Lipinski definition) is 2. The number of aromatic nitrogens is 5. The van der Waals surface area contributed by atoms with E-state index in [-0.39, 0.29) is 6.42 Å². The van der Waals surface area contributed by atoms with Crippen LogP contribution in [0, 0.1) is 0 Å². The predicted octanol–water partition coefficient (Wildman–Crippen LogP) is 1.47. The van der Waals surface area contributed by atoms with E-state index in [1.165, 1.54) is 12.0 Å². The standard InChI is InChI=1S/C16H22N6O2/c23-15(24)7-1-6-14-19-21-22(20-14)11-3-5-13-9-8-12-4-2-10-17-16(12)18-13/h8-9H,1-7,10-11H2,(H,17,18)(H,23,24). The number of anilines is 1. The van der Waals surface area contributed by atoms with E-state index < -0.39 is 5.97 Å². The second-order valence-corrected chi connectivity index (χ2v) is 5.99. The van der Waals surface area contributed by atoms with Gasteiger partial charge in [-0.25, -0.2) is 4.98 Å². The van der Waals surface area contributed by atoms with Crippen LogP contribution < -0.4 is 5.32 Å². The van der Waals surface area contributed by atoms with E-state index in [1.54, 1.807) is 4.80 Å². The van der Waals surface area contributed by atoms with Crippen LogP contribution in [0.5, 0.6) is 0 Å². The summed E-state index contributed by atoms with van der Waals surface area (Å²) < 4.78 is 0. The molecule has 8 heteroatoms. The molecular formula is C16H22N6O2. The Bertz CT molecular complexity index is 700. The van der Waals surface area contributed by atoms with Gasteiger partial charge in [0.1, 0.15) is 5.82 Å². The summed E-state index contributed by atoms with van der Waals surface area (Å²) in [5, 5.41) is 24.2. The van der Waals surface area contributed by atoms with Crippen LogP contribution in [0.3, 0.4) is 0 Å². The van der Waals surface area contributed by atoms with Crippen LogP contribution in [-0.2, 0) is 30.6 Å². The molecule has 3 heterocycles. The van der Waals surface area contributed by atoms with Gasteiger partial charge < -0.3 is 10.4 Å². The molecule has 0 unspecified atom stereocenters. The van der Waals surface area contributed by atoms with Gasteiger partial charge in [-0.05, 0) is 48.9 Å². The first kappa shape index (κ1) is 16.4. The molecule has 0 aliphatic carbocycles. The van der Waals surface area contributed by atoms with Gasteiger partial charge in [-0.3, -0.25) is 4.79 Å². The van der Waals surface area contributed by atoms with E-state index in [9.17, 15) is 4.79 Å². The summed E-state index contributed by atoms with van der Waals surface area (Å²) in [5.41, 5.74) is 2.37. The number of aliphatic carboxylic acids is 1. The number of hydrogen-bond acceptors (Lipinski definition) is 6. The number of rotatable bonds is 8. The molecule has 0 aromatic carbocycles. The summed E-state index contributed by atoms with van der Waals surface area (Å²) in [5.74, 6) is 0.833. The number of fused-ring (bicyclic) bond motifs is 1. The number of pyridine rings is 1. The SMILES string of the molecule is O=C(O)CCCc1nnn(CCCc2ccc3c(n2)NCCC3)n1. The van der Waals surface area contributed by atoms with E-state index in [0.29, 0.717) is 25.2 Å². The first-order valence-corrected chi connectivity index (χ1v) is 8.42. The van der Waals surface area contributed by atoms with E-state index in [0.717, 1.165) is 37.3 Å². The zero-order valence-corrected chi connectivity index (χ0v) is 13.6. The van der Waals surface area contributed by atoms with Crippen molar-refractivity contribution in [3.05, 3.63) is 29.2 Å². The Labute approximate surface area is 140 Å². The molecule has 2 N–H and O–H groups in total. The van der Waals surface area contributed by atoms with Crippen LogP contribution in [-0.4, -0.2) is 42.8 Å². The summed E-state index contributed by atoms with van der Waals surface area (Å²) in [4.78, 5) is 16.7. The van der Waals surface area contributed by atoms with Crippen molar-refractivity contribution in [1.29, 1.82) is 0 Å². The normalized spacial score (nSPS) is 13.3. The van der Waals surface area contributed by atoms with E-state index in [4.69, 9.17) is 5.11 Å². The summed E-state index contributed by atoms with van der Waals surface area (Å²) in [6.07, 6.45) is 5.23. The predicted molar refractivity (Wildman–Crippen MR) is 87.8 cm³/mol. The summed E-state index contributed by atoms with van der Waals surface area (Å²) in [7, 11) is 0. The fourth-order valence-corrected chi connectivity index (χ4v) is 2.78. The van der Waals surface area contributed by atoms with Crippen molar-refractivity contribution in [2.75, 3.05) is 11.9 Å². The van der Waals surface area contributed by atoms with Crippen molar-refractivity contribution >= 4 is 11.8 Å². The molecule has 0 amide bonds. The average molecular weight is 330 g/mol. The maximum absolute atomic E-state index is 10.5. The topological polar surface area (TPSA) is 106 Å². The molecule has 8 nitrogen and oxygen atoms in total. The van der Waals surface area contributed by atoms with Gasteiger partial charge in [0.05, 0.1) is 6.54 Å². The van der Waals surface area contributed by atoms with Crippen LogP contribution in [0.25, 0.3) is 0 Å². The van der Waals surface area contributed by atoms with Crippen molar-refractivity contribution in [1.82, 2.24) is 25.2 Å². The van der Waals surface area contributed by atoms with Crippen molar-refractivity contribution in [2.24, 2.45) is 0 Å². The second kappa shape index (κ2) is 7.85. The number of nitrogens with zero attached hydrogens (tertiary/aromatic N) is 5. The lowest BCUT2D eigenvalue weighted by molar-refractivity contribution is -0.137. The first-order valence-electron chi connectivity index (χ1n) is 8.42. The van der Waals surface area contributed by atoms with Gasteiger partial charge in [0.15, 0.2) is 5.82 Å². The van der Waals surface area contributed by atoms with Gasteiger partial charge in [-0.15, -0.1) is 10.2 Å². The molecule has 0 bridgehead atoms. The van der Waals surface area contributed by atoms with Gasteiger partial charge in [0, 0.05) is 25.1 Å². The Morgan fingerprint density at radius 1 is 1.29 bits per heavy atom. The van der Waals surface area contributed by atoms with Gasteiger partial charge in [0.25, 0.3) is 0 Å². The zero-order valence-electron chi connectivity index (χ0n) is 13.6. The lowest BCUT2D eigenvalue weighted by Gasteiger charge is -2.17. The highest BCUT2D eigenvalue weighted by atomic mass is 16.4. The Kier molecular flexibility index (Phi) is 5.35. The molecule has 1 aliphatic rings. The summed E-state index contributed by atoms with van der Waals surface area (Å²) >= 11 is 0. The minimum Gasteiger partial charge on any atom is -0.481 e. The highest BCUT2D eigenvalue weighted by Crippen LogP contribution is 2.20. The molecule has 0 saturated heterocycles. The molecule has 0 fully saturated rings. The molecule has 2 aromatic heterocycles. The number of carboxylic acid groups (broad SMARTS) is 1. The van der Waals surface area contributed by atoms with Crippen molar-refractivity contribution < 1.29 is 9.90 Å². The Morgan fingerprint density at radius 3 is 3.08 bits per heavy atom. The Morgan fingerprint density at radius 2 is 2.21 bits per heavy atom. The van der Waals surface area contributed by atoms with Gasteiger partial charge >= 0.3 is 5.97 Å². The number of carbonyl (C=O) groups is 1. The monoisotopic (exact) mass is 330 g/mol. The van der Waals surface area contributed by atoms with Crippen molar-refractivity contribution in [3.8, 4) is 0 Å². The number of carboxylic acids is 1. The minimum atomic E-state index is -0.797. The fourth-order valence-electron chi connectivity index (χ4n) is 2.78. The highest BCUT2D eigenvalue weighted by Gasteiger charge is 2.10. The number of aryl methyl sites for hydroxylation is 4. The maximum Gasteiger partial charge on any atom is 0.303 e. The quantitative estimate of drug-likeness (QED) is 0.755. The lowest BCUT2D eigenvalue weighted by Crippen LogP contribution is -2.14. The average Bonchev–Trinajstić information content (AvgIpc) is 3.02. The van der Waals surface area contributed by atoms with Crippen LogP contribution in [0.4, 0.5) is 5.82 Å². The summed E-state index contributed by atoms with van der Waals surface area (Å²) in [6.45, 7) is 1.68. The second-order valence-electron chi connectivity index (χ2n) is 5.99. The number of tetrazole rings is 1. The van der Waals surface area contributed by atoms with E-state index >= 15 is 0 Å². The van der Waals surface area contributed by atoms with Crippen LogP contribution in [0.15, 0.2) is 12.1 Å². The van der Waals surface area contributed by atoms with Crippen LogP contribution >= 0.6 is 0 Å². The Hall–Kier alpha value is -2.51. The Balaban J connectivity index is 1.45. The lowest BCUT2D eigenvalue weighted by atomic mass is 10.1.